The van der Waals surface area contributed by atoms with Crippen molar-refractivity contribution in [2.75, 3.05) is 0 Å². The second-order valence-corrected chi connectivity index (χ2v) is 11.3. The molecule has 4 nitrogen and oxygen atoms in total. The van der Waals surface area contributed by atoms with Crippen LogP contribution in [0.2, 0.25) is 0 Å². The molecule has 0 aliphatic carbocycles. The van der Waals surface area contributed by atoms with Crippen LogP contribution in [0, 0.1) is 0 Å². The standard InChI is InChI=1S/C24H20Cl4F6O4/c1-13(35)37-17-7-3-15(4-8-17)19(11-21(25,26)23(29,30)31)20(12-22(27,28)24(32,33)34)16-5-9-18(10-6-16)38-14(2)36/h3-10,19-20H,11-12H2,1-2H3. The van der Waals surface area contributed by atoms with Crippen LogP contribution in [-0.4, -0.2) is 33.0 Å². The molecule has 0 aliphatic rings. The van der Waals surface area contributed by atoms with Crippen LogP contribution in [0.5, 0.6) is 11.5 Å². The van der Waals surface area contributed by atoms with E-state index < -0.39 is 57.6 Å². The Bertz CT molecular complexity index is 1030. The molecule has 210 valence electrons. The summed E-state index contributed by atoms with van der Waals surface area (Å²) in [4.78, 5) is 22.4. The van der Waals surface area contributed by atoms with Crippen molar-refractivity contribution in [2.45, 2.75) is 59.5 Å². The molecule has 2 rings (SSSR count). The Kier molecular flexibility index (Phi) is 10.3. The average Bonchev–Trinajstić information content (AvgIpc) is 2.75. The van der Waals surface area contributed by atoms with Crippen LogP contribution in [0.3, 0.4) is 0 Å². The van der Waals surface area contributed by atoms with Gasteiger partial charge in [0.1, 0.15) is 11.5 Å². The second-order valence-electron chi connectivity index (χ2n) is 8.35. The van der Waals surface area contributed by atoms with Crippen molar-refractivity contribution < 1.29 is 45.4 Å². The van der Waals surface area contributed by atoms with Crippen LogP contribution in [0.15, 0.2) is 48.5 Å². The number of hydrogen-bond acceptors (Lipinski definition) is 4. The molecule has 2 aromatic rings. The van der Waals surface area contributed by atoms with Crippen LogP contribution < -0.4 is 9.47 Å². The van der Waals surface area contributed by atoms with Gasteiger partial charge in [-0.1, -0.05) is 70.7 Å². The van der Waals surface area contributed by atoms with Gasteiger partial charge in [0.15, 0.2) is 0 Å². The zero-order valence-electron chi connectivity index (χ0n) is 19.6. The molecule has 0 saturated carbocycles. The maximum Gasteiger partial charge on any atom is 0.421 e. The molecule has 0 heterocycles. The first kappa shape index (κ1) is 32.3. The molecule has 2 unspecified atom stereocenters. The molecule has 38 heavy (non-hydrogen) atoms. The third-order valence-corrected chi connectivity index (χ3v) is 6.88. The fourth-order valence-corrected chi connectivity index (χ4v) is 4.33. The lowest BCUT2D eigenvalue weighted by atomic mass is 9.76. The zero-order valence-corrected chi connectivity index (χ0v) is 22.6. The van der Waals surface area contributed by atoms with E-state index in [2.05, 4.69) is 0 Å². The van der Waals surface area contributed by atoms with Gasteiger partial charge in [0, 0.05) is 13.8 Å². The molecule has 0 bridgehead atoms. The van der Waals surface area contributed by atoms with Crippen molar-refractivity contribution in [1.82, 2.24) is 0 Å². The quantitative estimate of drug-likeness (QED) is 0.121. The number of rotatable bonds is 9. The second kappa shape index (κ2) is 12.1. The molecule has 2 atom stereocenters. The third kappa shape index (κ3) is 8.56. The topological polar surface area (TPSA) is 52.6 Å². The summed E-state index contributed by atoms with van der Waals surface area (Å²) in [7, 11) is 0. The molecule has 0 spiro atoms. The zero-order chi connectivity index (χ0) is 29.1. The minimum absolute atomic E-state index is 0.0421. The Morgan fingerprint density at radius 3 is 1.11 bits per heavy atom. The lowest BCUT2D eigenvalue weighted by Crippen LogP contribution is -2.39. The van der Waals surface area contributed by atoms with Crippen molar-refractivity contribution >= 4 is 58.3 Å². The summed E-state index contributed by atoms with van der Waals surface area (Å²) in [5.41, 5.74) is 0.160. The number of benzene rings is 2. The summed E-state index contributed by atoms with van der Waals surface area (Å²) in [6.45, 7) is 2.26. The predicted octanol–water partition coefficient (Wildman–Crippen LogP) is 8.66. The Balaban J connectivity index is 2.69. The van der Waals surface area contributed by atoms with Gasteiger partial charge < -0.3 is 9.47 Å². The summed E-state index contributed by atoms with van der Waals surface area (Å²) in [5, 5.41) is 0. The molecule has 0 fully saturated rings. The number of ether oxygens (including phenoxy) is 2. The summed E-state index contributed by atoms with van der Waals surface area (Å²) in [6, 6.07) is 10.1. The molecule has 0 saturated heterocycles. The SMILES string of the molecule is CC(=O)Oc1ccc(C(CC(Cl)(Cl)C(F)(F)F)C(CC(Cl)(Cl)C(F)(F)F)c2ccc(OC(C)=O)cc2)cc1. The van der Waals surface area contributed by atoms with E-state index in [-0.39, 0.29) is 22.6 Å². The summed E-state index contributed by atoms with van der Waals surface area (Å²) >= 11 is 22.6. The lowest BCUT2D eigenvalue weighted by molar-refractivity contribution is -0.148. The predicted molar refractivity (Wildman–Crippen MR) is 131 cm³/mol. The maximum absolute atomic E-state index is 13.7. The molecular formula is C24H20Cl4F6O4. The van der Waals surface area contributed by atoms with E-state index in [0.717, 1.165) is 13.8 Å². The van der Waals surface area contributed by atoms with Crippen molar-refractivity contribution in [3.63, 3.8) is 0 Å². The van der Waals surface area contributed by atoms with E-state index in [1.165, 1.54) is 48.5 Å². The van der Waals surface area contributed by atoms with E-state index in [1.807, 2.05) is 0 Å². The van der Waals surface area contributed by atoms with Crippen molar-refractivity contribution in [1.29, 1.82) is 0 Å². The molecule has 0 aromatic heterocycles. The molecule has 0 N–H and O–H groups in total. The highest BCUT2D eigenvalue weighted by Crippen LogP contribution is 2.54. The molecule has 0 aliphatic heterocycles. The Labute approximate surface area is 234 Å². The minimum Gasteiger partial charge on any atom is -0.427 e. The average molecular weight is 628 g/mol. The van der Waals surface area contributed by atoms with Gasteiger partial charge in [0.25, 0.3) is 0 Å². The number of carbonyl (C=O) groups is 2. The van der Waals surface area contributed by atoms with Gasteiger partial charge in [-0.25, -0.2) is 0 Å². The first-order valence-corrected chi connectivity index (χ1v) is 12.2. The van der Waals surface area contributed by atoms with Crippen molar-refractivity contribution in [2.24, 2.45) is 0 Å². The van der Waals surface area contributed by atoms with Crippen LogP contribution in [0.25, 0.3) is 0 Å². The normalized spacial score (nSPS) is 14.5. The fraction of sp³-hybridized carbons (Fsp3) is 0.417. The molecule has 0 amide bonds. The Morgan fingerprint density at radius 2 is 0.895 bits per heavy atom. The Morgan fingerprint density at radius 1 is 0.632 bits per heavy atom. The first-order valence-electron chi connectivity index (χ1n) is 10.7. The van der Waals surface area contributed by atoms with Gasteiger partial charge in [-0.15, -0.1) is 0 Å². The van der Waals surface area contributed by atoms with Crippen LogP contribution in [-0.2, 0) is 9.59 Å². The van der Waals surface area contributed by atoms with Gasteiger partial charge in [-0.3, -0.25) is 9.59 Å². The van der Waals surface area contributed by atoms with E-state index in [1.54, 1.807) is 0 Å². The van der Waals surface area contributed by atoms with Gasteiger partial charge in [0.05, 0.1) is 0 Å². The molecule has 2 aromatic carbocycles. The smallest absolute Gasteiger partial charge is 0.421 e. The lowest BCUT2D eigenvalue weighted by Gasteiger charge is -2.36. The summed E-state index contributed by atoms with van der Waals surface area (Å²) in [6.07, 6.45) is -12.5. The number of esters is 2. The number of alkyl halides is 10. The fourth-order valence-electron chi connectivity index (χ4n) is 3.67. The molecular weight excluding hydrogens is 608 g/mol. The number of hydrogen-bond donors (Lipinski definition) is 0. The van der Waals surface area contributed by atoms with Crippen LogP contribution in [0.1, 0.15) is 49.7 Å². The van der Waals surface area contributed by atoms with Gasteiger partial charge in [-0.2, -0.15) is 26.3 Å². The van der Waals surface area contributed by atoms with Crippen LogP contribution >= 0.6 is 46.4 Å². The minimum atomic E-state index is -5.15. The highest BCUT2D eigenvalue weighted by Gasteiger charge is 2.57. The van der Waals surface area contributed by atoms with Gasteiger partial charge in [0.2, 0.25) is 8.67 Å². The van der Waals surface area contributed by atoms with Gasteiger partial charge >= 0.3 is 24.3 Å². The number of carbonyl (C=O) groups excluding carboxylic acids is 2. The third-order valence-electron chi connectivity index (χ3n) is 5.41. The van der Waals surface area contributed by atoms with Crippen molar-refractivity contribution in [3.05, 3.63) is 59.7 Å². The Hall–Kier alpha value is -1.88. The largest absolute Gasteiger partial charge is 0.427 e. The van der Waals surface area contributed by atoms with E-state index >= 15 is 0 Å². The summed E-state index contributed by atoms with van der Waals surface area (Å²) < 4.78 is 85.2. The monoisotopic (exact) mass is 626 g/mol. The highest BCUT2D eigenvalue weighted by atomic mass is 35.5. The molecule has 14 heteroatoms. The van der Waals surface area contributed by atoms with Crippen LogP contribution in [0.4, 0.5) is 26.3 Å². The molecule has 0 radical (unpaired) electrons. The first-order chi connectivity index (χ1) is 17.2. The van der Waals surface area contributed by atoms with Crippen molar-refractivity contribution in [3.8, 4) is 11.5 Å². The number of halogens is 10. The van der Waals surface area contributed by atoms with E-state index in [4.69, 9.17) is 55.9 Å². The van der Waals surface area contributed by atoms with E-state index in [9.17, 15) is 35.9 Å². The maximum atomic E-state index is 13.7. The van der Waals surface area contributed by atoms with Gasteiger partial charge in [-0.05, 0) is 60.1 Å². The summed E-state index contributed by atoms with van der Waals surface area (Å²) in [5.74, 6) is -4.12. The van der Waals surface area contributed by atoms with E-state index in [0.29, 0.717) is 0 Å². The highest BCUT2D eigenvalue weighted by molar-refractivity contribution is 6.49.